The van der Waals surface area contributed by atoms with Crippen LogP contribution in [0.25, 0.3) is 11.3 Å². The molecule has 2 aromatic rings. The van der Waals surface area contributed by atoms with Crippen LogP contribution >= 0.6 is 0 Å². The zero-order valence-corrected chi connectivity index (χ0v) is 8.24. The molecule has 4 N–H and O–H groups in total. The van der Waals surface area contributed by atoms with Gasteiger partial charge in [0.05, 0.1) is 11.4 Å². The highest BCUT2D eigenvalue weighted by Crippen LogP contribution is 2.24. The first-order chi connectivity index (χ1) is 7.58. The van der Waals surface area contributed by atoms with Crippen molar-refractivity contribution in [2.75, 3.05) is 11.5 Å². The van der Waals surface area contributed by atoms with Crippen LogP contribution in [0.2, 0.25) is 0 Å². The topological polar surface area (TPSA) is 64.9 Å². The van der Waals surface area contributed by atoms with Crippen molar-refractivity contribution < 1.29 is 8.78 Å². The van der Waals surface area contributed by atoms with Crippen LogP contribution in [-0.2, 0) is 0 Å². The van der Waals surface area contributed by atoms with Crippen molar-refractivity contribution in [3.8, 4) is 11.3 Å². The lowest BCUT2D eigenvalue weighted by molar-refractivity contribution is 0.585. The second kappa shape index (κ2) is 3.77. The van der Waals surface area contributed by atoms with Crippen LogP contribution < -0.4 is 11.5 Å². The molecule has 0 spiro atoms. The fourth-order valence-corrected chi connectivity index (χ4v) is 1.33. The minimum absolute atomic E-state index is 0.126. The van der Waals surface area contributed by atoms with Gasteiger partial charge in [0.1, 0.15) is 17.5 Å². The first kappa shape index (κ1) is 10.4. The van der Waals surface area contributed by atoms with Crippen molar-refractivity contribution in [1.29, 1.82) is 0 Å². The Morgan fingerprint density at radius 1 is 1.00 bits per heavy atom. The van der Waals surface area contributed by atoms with Crippen molar-refractivity contribution in [3.05, 3.63) is 42.0 Å². The van der Waals surface area contributed by atoms with Crippen LogP contribution in [0.4, 0.5) is 20.3 Å². The fourth-order valence-electron chi connectivity index (χ4n) is 1.33. The van der Waals surface area contributed by atoms with E-state index in [0.717, 1.165) is 12.1 Å². The molecule has 5 heteroatoms. The van der Waals surface area contributed by atoms with Gasteiger partial charge in [-0.3, -0.25) is 0 Å². The molecule has 0 fully saturated rings. The van der Waals surface area contributed by atoms with Gasteiger partial charge in [-0.2, -0.15) is 0 Å². The average molecular weight is 221 g/mol. The van der Waals surface area contributed by atoms with Crippen molar-refractivity contribution in [1.82, 2.24) is 4.98 Å². The summed E-state index contributed by atoms with van der Waals surface area (Å²) in [4.78, 5) is 3.92. The van der Waals surface area contributed by atoms with Gasteiger partial charge >= 0.3 is 0 Å². The Hall–Kier alpha value is -2.17. The predicted octanol–water partition coefficient (Wildman–Crippen LogP) is 2.19. The number of benzene rings is 1. The minimum atomic E-state index is -0.684. The van der Waals surface area contributed by atoms with Gasteiger partial charge in [-0.15, -0.1) is 0 Å². The van der Waals surface area contributed by atoms with Crippen molar-refractivity contribution in [2.24, 2.45) is 0 Å². The molecule has 0 atom stereocenters. The summed E-state index contributed by atoms with van der Waals surface area (Å²) in [6.45, 7) is 0. The maximum absolute atomic E-state index is 13.4. The summed E-state index contributed by atoms with van der Waals surface area (Å²) in [7, 11) is 0. The van der Waals surface area contributed by atoms with E-state index in [1.807, 2.05) is 0 Å². The van der Waals surface area contributed by atoms with Gasteiger partial charge in [0.2, 0.25) is 0 Å². The van der Waals surface area contributed by atoms with Gasteiger partial charge in [0, 0.05) is 11.6 Å². The fraction of sp³-hybridized carbons (Fsp3) is 0. The summed E-state index contributed by atoms with van der Waals surface area (Å²) in [5.74, 6) is -1.19. The third-order valence-electron chi connectivity index (χ3n) is 2.16. The highest BCUT2D eigenvalue weighted by Gasteiger charge is 2.08. The number of aromatic nitrogens is 1. The SMILES string of the molecule is Nc1ccc(-c2ccc(F)cc2F)nc1N. The van der Waals surface area contributed by atoms with Gasteiger partial charge in [0.15, 0.2) is 0 Å². The molecule has 0 unspecified atom stereocenters. The van der Waals surface area contributed by atoms with E-state index in [4.69, 9.17) is 11.5 Å². The molecule has 0 aliphatic heterocycles. The molecule has 3 nitrogen and oxygen atoms in total. The number of halogens is 2. The lowest BCUT2D eigenvalue weighted by Crippen LogP contribution is -1.99. The molecule has 16 heavy (non-hydrogen) atoms. The number of nitrogens with two attached hydrogens (primary N) is 2. The van der Waals surface area contributed by atoms with Crippen LogP contribution in [0, 0.1) is 11.6 Å². The minimum Gasteiger partial charge on any atom is -0.396 e. The van der Waals surface area contributed by atoms with E-state index in [-0.39, 0.29) is 11.4 Å². The second-order valence-corrected chi connectivity index (χ2v) is 3.30. The Morgan fingerprint density at radius 2 is 1.75 bits per heavy atom. The van der Waals surface area contributed by atoms with E-state index in [9.17, 15) is 8.78 Å². The Balaban J connectivity index is 2.54. The summed E-state index contributed by atoms with van der Waals surface area (Å²) >= 11 is 0. The summed E-state index contributed by atoms with van der Waals surface area (Å²) in [6, 6.07) is 6.32. The molecule has 82 valence electrons. The zero-order valence-electron chi connectivity index (χ0n) is 8.24. The lowest BCUT2D eigenvalue weighted by atomic mass is 10.1. The standard InChI is InChI=1S/C11H9F2N3/c12-6-1-2-7(8(13)5-6)10-4-3-9(14)11(15)16-10/h1-5H,14H2,(H2,15,16). The van der Waals surface area contributed by atoms with Crippen molar-refractivity contribution in [2.45, 2.75) is 0 Å². The van der Waals surface area contributed by atoms with E-state index in [1.54, 1.807) is 0 Å². The van der Waals surface area contributed by atoms with Crippen molar-refractivity contribution in [3.63, 3.8) is 0 Å². The number of rotatable bonds is 1. The van der Waals surface area contributed by atoms with Crippen LogP contribution in [0.3, 0.4) is 0 Å². The maximum Gasteiger partial charge on any atom is 0.147 e. The smallest absolute Gasteiger partial charge is 0.147 e. The molecule has 0 aliphatic carbocycles. The van der Waals surface area contributed by atoms with E-state index < -0.39 is 11.6 Å². The first-order valence-electron chi connectivity index (χ1n) is 4.55. The highest BCUT2D eigenvalue weighted by molar-refractivity contribution is 5.67. The third-order valence-corrected chi connectivity index (χ3v) is 2.16. The molecular formula is C11H9F2N3. The van der Waals surface area contributed by atoms with Gasteiger partial charge in [-0.05, 0) is 24.3 Å². The normalized spacial score (nSPS) is 10.4. The Labute approximate surface area is 90.7 Å². The lowest BCUT2D eigenvalue weighted by Gasteiger charge is -2.05. The first-order valence-corrected chi connectivity index (χ1v) is 4.55. The van der Waals surface area contributed by atoms with E-state index in [2.05, 4.69) is 4.98 Å². The summed E-state index contributed by atoms with van der Waals surface area (Å²) < 4.78 is 26.1. The molecule has 0 aliphatic rings. The average Bonchev–Trinajstić information content (AvgIpc) is 2.22. The van der Waals surface area contributed by atoms with E-state index >= 15 is 0 Å². The molecule has 0 radical (unpaired) electrons. The molecule has 0 saturated carbocycles. The van der Waals surface area contributed by atoms with E-state index in [0.29, 0.717) is 11.4 Å². The number of nitrogens with zero attached hydrogens (tertiary/aromatic N) is 1. The molecule has 2 rings (SSSR count). The van der Waals surface area contributed by atoms with E-state index in [1.165, 1.54) is 18.2 Å². The Kier molecular flexibility index (Phi) is 2.44. The summed E-state index contributed by atoms with van der Waals surface area (Å²) in [5, 5.41) is 0. The maximum atomic E-state index is 13.4. The van der Waals surface area contributed by atoms with Gasteiger partial charge < -0.3 is 11.5 Å². The number of hydrogen-bond acceptors (Lipinski definition) is 3. The van der Waals surface area contributed by atoms with Crippen LogP contribution in [0.5, 0.6) is 0 Å². The summed E-state index contributed by atoms with van der Waals surface area (Å²) in [5.41, 5.74) is 11.8. The molecule has 1 heterocycles. The third kappa shape index (κ3) is 1.79. The van der Waals surface area contributed by atoms with Gasteiger partial charge in [-0.25, -0.2) is 13.8 Å². The Morgan fingerprint density at radius 3 is 2.38 bits per heavy atom. The number of pyridine rings is 1. The molecular weight excluding hydrogens is 212 g/mol. The second-order valence-electron chi connectivity index (χ2n) is 3.30. The zero-order chi connectivity index (χ0) is 11.7. The van der Waals surface area contributed by atoms with Gasteiger partial charge in [-0.1, -0.05) is 0 Å². The largest absolute Gasteiger partial charge is 0.396 e. The van der Waals surface area contributed by atoms with Crippen LogP contribution in [-0.4, -0.2) is 4.98 Å². The number of nitrogen functional groups attached to an aromatic ring is 2. The van der Waals surface area contributed by atoms with Gasteiger partial charge in [0.25, 0.3) is 0 Å². The molecule has 1 aromatic heterocycles. The number of hydrogen-bond donors (Lipinski definition) is 2. The molecule has 0 bridgehead atoms. The Bertz CT molecular complexity index is 541. The van der Waals surface area contributed by atoms with Crippen LogP contribution in [0.1, 0.15) is 0 Å². The summed E-state index contributed by atoms with van der Waals surface area (Å²) in [6.07, 6.45) is 0. The van der Waals surface area contributed by atoms with Crippen molar-refractivity contribution >= 4 is 11.5 Å². The molecule has 0 amide bonds. The molecule has 0 saturated heterocycles. The monoisotopic (exact) mass is 221 g/mol. The number of anilines is 2. The predicted molar refractivity (Wildman–Crippen MR) is 58.4 cm³/mol. The van der Waals surface area contributed by atoms with Crippen LogP contribution in [0.15, 0.2) is 30.3 Å². The highest BCUT2D eigenvalue weighted by atomic mass is 19.1. The quantitative estimate of drug-likeness (QED) is 0.775. The molecule has 1 aromatic carbocycles.